The quantitative estimate of drug-likeness (QED) is 0.367. The fraction of sp³-hybridized carbons (Fsp3) is 0.588. The monoisotopic (exact) mass is 405 g/mol. The third-order valence-electron chi connectivity index (χ3n) is 4.34. The van der Waals surface area contributed by atoms with Crippen LogP contribution in [0, 0.1) is 0 Å². The van der Waals surface area contributed by atoms with Crippen molar-refractivity contribution in [1.82, 2.24) is 20.3 Å². The van der Waals surface area contributed by atoms with Gasteiger partial charge in [-0.05, 0) is 32.9 Å². The Bertz CT molecular complexity index is 551. The second kappa shape index (κ2) is 12.9. The number of likely N-dealkylation sites (N-methyl/N-ethyl adjacent to an activating group) is 1. The molecule has 0 spiro atoms. The predicted octanol–water partition coefficient (Wildman–Crippen LogP) is 2.90. The van der Waals surface area contributed by atoms with E-state index in [0.717, 1.165) is 6.54 Å². The lowest BCUT2D eigenvalue weighted by molar-refractivity contribution is -0.124. The van der Waals surface area contributed by atoms with Gasteiger partial charge in [0.2, 0.25) is 0 Å². The van der Waals surface area contributed by atoms with Gasteiger partial charge in [-0.15, -0.1) is 24.8 Å². The number of amides is 1. The number of carbonyl (C=O) groups excluding carboxylic acids is 1. The number of carbonyl (C=O) groups is 1. The molecule has 0 saturated heterocycles. The van der Waals surface area contributed by atoms with Gasteiger partial charge in [0.05, 0.1) is 18.1 Å². The van der Waals surface area contributed by atoms with Crippen molar-refractivity contribution in [3.63, 3.8) is 0 Å². The maximum absolute atomic E-state index is 10.9. The first-order valence-corrected chi connectivity index (χ1v) is 8.49. The van der Waals surface area contributed by atoms with Crippen LogP contribution < -0.4 is 10.8 Å². The lowest BCUT2D eigenvalue weighted by Crippen LogP contribution is -2.40. The molecule has 7 nitrogen and oxygen atoms in total. The molecule has 1 amide bonds. The van der Waals surface area contributed by atoms with Gasteiger partial charge in [0.25, 0.3) is 5.91 Å². The third-order valence-corrected chi connectivity index (χ3v) is 4.34. The van der Waals surface area contributed by atoms with Crippen molar-refractivity contribution in [2.45, 2.75) is 51.1 Å². The molecule has 0 aromatic carbocycles. The molecule has 0 unspecified atom stereocenters. The Labute approximate surface area is 167 Å². The molecule has 1 saturated carbocycles. The minimum Gasteiger partial charge on any atom is -0.365 e. The van der Waals surface area contributed by atoms with E-state index >= 15 is 0 Å². The van der Waals surface area contributed by atoms with Crippen LogP contribution in [0.15, 0.2) is 18.5 Å². The van der Waals surface area contributed by atoms with Crippen molar-refractivity contribution in [1.29, 1.82) is 0 Å². The lowest BCUT2D eigenvalue weighted by Gasteiger charge is -2.33. The molecule has 9 heteroatoms. The number of hydroxylamine groups is 1. The molecule has 0 aliphatic heterocycles. The number of hydrogen-bond acceptors (Lipinski definition) is 6. The van der Waals surface area contributed by atoms with Crippen molar-refractivity contribution in [3.8, 4) is 0 Å². The van der Waals surface area contributed by atoms with E-state index in [1.165, 1.54) is 49.7 Å². The van der Waals surface area contributed by atoms with Gasteiger partial charge >= 0.3 is 0 Å². The maximum Gasteiger partial charge on any atom is 0.267 e. The Morgan fingerprint density at radius 3 is 2.58 bits per heavy atom. The average molecular weight is 406 g/mol. The molecular formula is C17H29Cl2N5O2. The van der Waals surface area contributed by atoms with Crippen LogP contribution in [0.4, 0.5) is 5.82 Å². The van der Waals surface area contributed by atoms with E-state index in [2.05, 4.69) is 34.2 Å². The molecule has 1 aliphatic carbocycles. The molecule has 1 aliphatic rings. The summed E-state index contributed by atoms with van der Waals surface area (Å²) in [5, 5.41) is 11.8. The van der Waals surface area contributed by atoms with Crippen LogP contribution in [0.1, 0.15) is 44.7 Å². The topological polar surface area (TPSA) is 90.4 Å². The van der Waals surface area contributed by atoms with Crippen LogP contribution >= 0.6 is 24.8 Å². The summed E-state index contributed by atoms with van der Waals surface area (Å²) in [6.45, 7) is 3.10. The lowest BCUT2D eigenvalue weighted by atomic mass is 9.94. The summed E-state index contributed by atoms with van der Waals surface area (Å²) in [5.74, 6) is 0.113. The normalized spacial score (nSPS) is 15.8. The molecule has 1 aromatic heterocycles. The van der Waals surface area contributed by atoms with Gasteiger partial charge in [-0.3, -0.25) is 15.0 Å². The zero-order chi connectivity index (χ0) is 17.4. The number of anilines is 1. The SMILES string of the molecule is C[C@H](CN(C)C1CCCCC1)Nc1cnc(/C=C/C(=O)NO)cn1.Cl.Cl. The third kappa shape index (κ3) is 8.31. The number of hydrogen-bond donors (Lipinski definition) is 3. The first kappa shape index (κ1) is 24.6. The molecule has 3 N–H and O–H groups in total. The van der Waals surface area contributed by atoms with Crippen LogP contribution in [-0.2, 0) is 4.79 Å². The Kier molecular flexibility index (Phi) is 12.2. The zero-order valence-electron chi connectivity index (χ0n) is 15.2. The fourth-order valence-corrected chi connectivity index (χ4v) is 3.10. The Morgan fingerprint density at radius 1 is 1.31 bits per heavy atom. The first-order valence-electron chi connectivity index (χ1n) is 8.49. The molecule has 2 rings (SSSR count). The van der Waals surface area contributed by atoms with E-state index in [0.29, 0.717) is 17.6 Å². The van der Waals surface area contributed by atoms with Crippen LogP contribution in [0.25, 0.3) is 6.08 Å². The highest BCUT2D eigenvalue weighted by atomic mass is 35.5. The Balaban J connectivity index is 0.00000312. The molecule has 26 heavy (non-hydrogen) atoms. The Morgan fingerprint density at radius 2 is 2.00 bits per heavy atom. The van der Waals surface area contributed by atoms with E-state index in [1.807, 2.05) is 0 Å². The minimum atomic E-state index is -0.599. The molecular weight excluding hydrogens is 377 g/mol. The number of nitrogens with zero attached hydrogens (tertiary/aromatic N) is 3. The second-order valence-corrected chi connectivity index (χ2v) is 6.41. The van der Waals surface area contributed by atoms with Gasteiger partial charge in [-0.25, -0.2) is 10.5 Å². The molecule has 0 radical (unpaired) electrons. The highest BCUT2D eigenvalue weighted by Crippen LogP contribution is 2.21. The number of nitrogens with one attached hydrogen (secondary N) is 2. The van der Waals surface area contributed by atoms with E-state index in [1.54, 1.807) is 12.4 Å². The summed E-state index contributed by atoms with van der Waals surface area (Å²) in [7, 11) is 2.19. The predicted molar refractivity (Wildman–Crippen MR) is 108 cm³/mol. The van der Waals surface area contributed by atoms with E-state index < -0.39 is 5.91 Å². The fourth-order valence-electron chi connectivity index (χ4n) is 3.10. The van der Waals surface area contributed by atoms with Gasteiger partial charge in [0.1, 0.15) is 5.82 Å². The van der Waals surface area contributed by atoms with Crippen molar-refractivity contribution in [2.75, 3.05) is 18.9 Å². The average Bonchev–Trinajstić information content (AvgIpc) is 2.61. The standard InChI is InChI=1S/C17H27N5O2.2ClH/c1-13(12-22(2)15-6-4-3-5-7-15)20-16-11-18-14(10-19-16)8-9-17(23)21-24;;/h8-11,13,15,24H,3-7,12H2,1-2H3,(H,19,20)(H,21,23);2*1H/b9-8+;;/t13-;;/m1../s1. The maximum atomic E-state index is 10.9. The van der Waals surface area contributed by atoms with Crippen molar-refractivity contribution < 1.29 is 10.0 Å². The van der Waals surface area contributed by atoms with Crippen molar-refractivity contribution in [2.24, 2.45) is 0 Å². The summed E-state index contributed by atoms with van der Waals surface area (Å²) in [6.07, 6.45) is 12.6. The van der Waals surface area contributed by atoms with Crippen LogP contribution in [0.5, 0.6) is 0 Å². The summed E-state index contributed by atoms with van der Waals surface area (Å²) in [5.41, 5.74) is 2.08. The van der Waals surface area contributed by atoms with E-state index in [4.69, 9.17) is 5.21 Å². The minimum absolute atomic E-state index is 0. The largest absolute Gasteiger partial charge is 0.365 e. The number of halogens is 2. The van der Waals surface area contributed by atoms with Gasteiger partial charge < -0.3 is 10.2 Å². The summed E-state index contributed by atoms with van der Waals surface area (Å²) >= 11 is 0. The van der Waals surface area contributed by atoms with Crippen molar-refractivity contribution in [3.05, 3.63) is 24.2 Å². The van der Waals surface area contributed by atoms with Gasteiger partial charge in [0.15, 0.2) is 0 Å². The molecule has 1 heterocycles. The van der Waals surface area contributed by atoms with Gasteiger partial charge in [-0.2, -0.15) is 0 Å². The van der Waals surface area contributed by atoms with Crippen molar-refractivity contribution >= 4 is 42.6 Å². The molecule has 148 valence electrons. The smallest absolute Gasteiger partial charge is 0.267 e. The number of aromatic nitrogens is 2. The first-order chi connectivity index (χ1) is 11.6. The molecule has 1 aromatic rings. The molecule has 1 fully saturated rings. The zero-order valence-corrected chi connectivity index (χ0v) is 16.9. The Hall–Kier alpha value is -1.41. The number of rotatable bonds is 7. The van der Waals surface area contributed by atoms with E-state index in [9.17, 15) is 4.79 Å². The summed E-state index contributed by atoms with van der Waals surface area (Å²) in [4.78, 5) is 21.9. The van der Waals surface area contributed by atoms with Gasteiger partial charge in [-0.1, -0.05) is 19.3 Å². The highest BCUT2D eigenvalue weighted by Gasteiger charge is 2.19. The highest BCUT2D eigenvalue weighted by molar-refractivity contribution is 5.90. The molecule has 0 bridgehead atoms. The molecule has 1 atom stereocenters. The summed E-state index contributed by atoms with van der Waals surface area (Å²) in [6, 6.07) is 0.965. The van der Waals surface area contributed by atoms with E-state index in [-0.39, 0.29) is 30.9 Å². The van der Waals surface area contributed by atoms with Crippen LogP contribution in [0.3, 0.4) is 0 Å². The second-order valence-electron chi connectivity index (χ2n) is 6.41. The van der Waals surface area contributed by atoms with Gasteiger partial charge in [0, 0.05) is 24.7 Å². The van der Waals surface area contributed by atoms with Crippen LogP contribution in [-0.4, -0.2) is 51.7 Å². The summed E-state index contributed by atoms with van der Waals surface area (Å²) < 4.78 is 0. The van der Waals surface area contributed by atoms with Crippen LogP contribution in [0.2, 0.25) is 0 Å².